The Hall–Kier alpha value is -2.37. The summed E-state index contributed by atoms with van der Waals surface area (Å²) in [6.07, 6.45) is 2.94. The average Bonchev–Trinajstić information content (AvgIpc) is 2.75. The highest BCUT2D eigenvalue weighted by Crippen LogP contribution is 2.40. The normalized spacial score (nSPS) is 21.4. The third kappa shape index (κ3) is 4.78. The van der Waals surface area contributed by atoms with E-state index >= 15 is 0 Å². The van der Waals surface area contributed by atoms with Crippen LogP contribution in [0.25, 0.3) is 11.6 Å². The predicted molar refractivity (Wildman–Crippen MR) is 111 cm³/mol. The molecular formula is C25H25F5O. The van der Waals surface area contributed by atoms with Crippen molar-refractivity contribution in [2.45, 2.75) is 64.1 Å². The highest BCUT2D eigenvalue weighted by molar-refractivity contribution is 5.85. The zero-order chi connectivity index (χ0) is 22.2. The van der Waals surface area contributed by atoms with Crippen LogP contribution in [0.3, 0.4) is 0 Å². The van der Waals surface area contributed by atoms with Crippen molar-refractivity contribution in [3.63, 3.8) is 0 Å². The van der Waals surface area contributed by atoms with E-state index in [1.165, 1.54) is 25.3 Å². The van der Waals surface area contributed by atoms with Gasteiger partial charge in [-0.05, 0) is 84.8 Å². The van der Waals surface area contributed by atoms with Gasteiger partial charge in [-0.3, -0.25) is 0 Å². The van der Waals surface area contributed by atoms with Crippen molar-refractivity contribution in [3.05, 3.63) is 64.2 Å². The summed E-state index contributed by atoms with van der Waals surface area (Å²) in [5.74, 6) is -0.994. The van der Waals surface area contributed by atoms with Crippen LogP contribution in [0.1, 0.15) is 73.6 Å². The van der Waals surface area contributed by atoms with Crippen molar-refractivity contribution in [1.82, 2.24) is 0 Å². The first kappa shape index (κ1) is 21.8. The molecule has 0 atom stereocenters. The Labute approximate surface area is 178 Å². The molecule has 2 aromatic carbocycles. The largest absolute Gasteiger partial charge is 0.573 e. The molecule has 0 heterocycles. The molecule has 2 aliphatic carbocycles. The number of fused-ring (bicyclic) bond motifs is 1. The molecule has 1 nitrogen and oxygen atoms in total. The molecule has 4 rings (SSSR count). The van der Waals surface area contributed by atoms with E-state index in [0.717, 1.165) is 36.0 Å². The van der Waals surface area contributed by atoms with Crippen LogP contribution in [0, 0.1) is 17.6 Å². The van der Waals surface area contributed by atoms with Gasteiger partial charge in [0, 0.05) is 5.56 Å². The lowest BCUT2D eigenvalue weighted by molar-refractivity contribution is -0.275. The van der Waals surface area contributed by atoms with Crippen molar-refractivity contribution < 1.29 is 26.7 Å². The number of hydrogen-bond acceptors (Lipinski definition) is 1. The maximum atomic E-state index is 15.0. The number of ether oxygens (including phenoxy) is 1. The first-order valence-corrected chi connectivity index (χ1v) is 10.8. The van der Waals surface area contributed by atoms with Gasteiger partial charge in [0.05, 0.1) is 0 Å². The van der Waals surface area contributed by atoms with Crippen LogP contribution in [0.4, 0.5) is 22.0 Å². The summed E-state index contributed by atoms with van der Waals surface area (Å²) in [5, 5.41) is 0. The maximum Gasteiger partial charge on any atom is 0.573 e. The summed E-state index contributed by atoms with van der Waals surface area (Å²) < 4.78 is 70.5. The summed E-state index contributed by atoms with van der Waals surface area (Å²) in [4.78, 5) is 0. The molecule has 31 heavy (non-hydrogen) atoms. The molecule has 0 spiro atoms. The van der Waals surface area contributed by atoms with Gasteiger partial charge in [-0.25, -0.2) is 8.78 Å². The molecule has 0 aliphatic heterocycles. The molecule has 2 aromatic rings. The molecule has 1 saturated carbocycles. The lowest BCUT2D eigenvalue weighted by Crippen LogP contribution is -2.18. The second-order valence-electron chi connectivity index (χ2n) is 8.53. The quantitative estimate of drug-likeness (QED) is 0.441. The Balaban J connectivity index is 1.56. The minimum atomic E-state index is -4.95. The Bertz CT molecular complexity index is 984. The molecule has 0 amide bonds. The number of hydrogen-bond donors (Lipinski definition) is 0. The molecule has 0 saturated heterocycles. The fourth-order valence-corrected chi connectivity index (χ4v) is 4.89. The summed E-state index contributed by atoms with van der Waals surface area (Å²) >= 11 is 0. The number of benzene rings is 2. The van der Waals surface area contributed by atoms with Gasteiger partial charge in [-0.1, -0.05) is 37.6 Å². The van der Waals surface area contributed by atoms with Gasteiger partial charge in [-0.2, -0.15) is 0 Å². The number of allylic oxidation sites excluding steroid dienone is 1. The molecule has 166 valence electrons. The van der Waals surface area contributed by atoms with Crippen molar-refractivity contribution in [3.8, 4) is 5.75 Å². The monoisotopic (exact) mass is 436 g/mol. The summed E-state index contributed by atoms with van der Waals surface area (Å²) in [6, 6.07) is 7.73. The van der Waals surface area contributed by atoms with E-state index < -0.39 is 17.9 Å². The van der Waals surface area contributed by atoms with Crippen molar-refractivity contribution in [2.75, 3.05) is 0 Å². The Morgan fingerprint density at radius 1 is 0.968 bits per heavy atom. The Morgan fingerprint density at radius 2 is 1.71 bits per heavy atom. The van der Waals surface area contributed by atoms with Crippen LogP contribution >= 0.6 is 0 Å². The van der Waals surface area contributed by atoms with Crippen LogP contribution in [-0.4, -0.2) is 6.36 Å². The third-order valence-corrected chi connectivity index (χ3v) is 6.68. The molecule has 0 bridgehead atoms. The van der Waals surface area contributed by atoms with Crippen LogP contribution in [0.5, 0.6) is 5.75 Å². The van der Waals surface area contributed by atoms with E-state index in [1.807, 2.05) is 6.07 Å². The molecule has 2 aliphatic rings. The fourth-order valence-electron chi connectivity index (χ4n) is 4.89. The van der Waals surface area contributed by atoms with E-state index in [9.17, 15) is 22.0 Å². The van der Waals surface area contributed by atoms with Crippen molar-refractivity contribution in [2.24, 2.45) is 5.92 Å². The molecule has 1 fully saturated rings. The van der Waals surface area contributed by atoms with Crippen LogP contribution in [0.2, 0.25) is 0 Å². The van der Waals surface area contributed by atoms with Gasteiger partial charge >= 0.3 is 6.36 Å². The van der Waals surface area contributed by atoms with Gasteiger partial charge in [0.1, 0.15) is 5.82 Å². The van der Waals surface area contributed by atoms with Crippen LogP contribution in [0.15, 0.2) is 30.3 Å². The summed E-state index contributed by atoms with van der Waals surface area (Å²) in [7, 11) is 0. The smallest absolute Gasteiger partial charge is 0.403 e. The lowest BCUT2D eigenvalue weighted by atomic mass is 9.77. The second-order valence-corrected chi connectivity index (χ2v) is 8.53. The van der Waals surface area contributed by atoms with E-state index in [2.05, 4.69) is 11.7 Å². The van der Waals surface area contributed by atoms with Crippen molar-refractivity contribution >= 4 is 11.6 Å². The lowest BCUT2D eigenvalue weighted by Gasteiger charge is -2.28. The van der Waals surface area contributed by atoms with Crippen LogP contribution < -0.4 is 4.74 Å². The summed E-state index contributed by atoms with van der Waals surface area (Å²) in [6.45, 7) is 2.21. The molecule has 0 aromatic heterocycles. The van der Waals surface area contributed by atoms with Gasteiger partial charge < -0.3 is 4.74 Å². The Kier molecular flexibility index (Phi) is 6.09. The second kappa shape index (κ2) is 8.64. The molecular weight excluding hydrogens is 411 g/mol. The SMILES string of the molecule is CCC1CCC(c2ccc(C3=Cc4ccc(OC(F)(F)F)c(F)c4CC3)c(F)c2)CC1. The molecule has 0 unspecified atom stereocenters. The summed E-state index contributed by atoms with van der Waals surface area (Å²) in [5.41, 5.74) is 2.82. The standard InChI is InChI=1S/C25H25F5O/c1-2-15-3-5-16(6-4-15)17-7-10-20(22(26)14-17)18-8-11-21-19(13-18)9-12-23(24(21)27)31-25(28,29)30/h7,9-10,12-16H,2-6,8,11H2,1H3. The first-order valence-electron chi connectivity index (χ1n) is 10.8. The zero-order valence-corrected chi connectivity index (χ0v) is 17.4. The minimum absolute atomic E-state index is 0.162. The van der Waals surface area contributed by atoms with Crippen LogP contribution in [-0.2, 0) is 6.42 Å². The predicted octanol–water partition coefficient (Wildman–Crippen LogP) is 8.03. The fraction of sp³-hybridized carbons (Fsp3) is 0.440. The highest BCUT2D eigenvalue weighted by Gasteiger charge is 2.33. The van der Waals surface area contributed by atoms with Gasteiger partial charge in [0.15, 0.2) is 11.6 Å². The zero-order valence-electron chi connectivity index (χ0n) is 17.4. The first-order chi connectivity index (χ1) is 14.7. The van der Waals surface area contributed by atoms with Gasteiger partial charge in [-0.15, -0.1) is 13.2 Å². The number of halogens is 5. The maximum absolute atomic E-state index is 15.0. The van der Waals surface area contributed by atoms with E-state index in [1.54, 1.807) is 18.2 Å². The van der Waals surface area contributed by atoms with Crippen molar-refractivity contribution in [1.29, 1.82) is 0 Å². The van der Waals surface area contributed by atoms with Gasteiger partial charge in [0.2, 0.25) is 0 Å². The molecule has 0 radical (unpaired) electrons. The molecule has 0 N–H and O–H groups in total. The van der Waals surface area contributed by atoms with E-state index in [-0.39, 0.29) is 17.8 Å². The van der Waals surface area contributed by atoms with E-state index in [0.29, 0.717) is 23.5 Å². The molecule has 6 heteroatoms. The minimum Gasteiger partial charge on any atom is -0.403 e. The number of alkyl halides is 3. The van der Waals surface area contributed by atoms with Gasteiger partial charge in [0.25, 0.3) is 0 Å². The number of rotatable bonds is 4. The van der Waals surface area contributed by atoms with E-state index in [4.69, 9.17) is 0 Å². The highest BCUT2D eigenvalue weighted by atomic mass is 19.4. The average molecular weight is 436 g/mol. The Morgan fingerprint density at radius 3 is 2.35 bits per heavy atom. The third-order valence-electron chi connectivity index (χ3n) is 6.68. The topological polar surface area (TPSA) is 9.23 Å².